The fourth-order valence-corrected chi connectivity index (χ4v) is 1.22. The summed E-state index contributed by atoms with van der Waals surface area (Å²) in [6.45, 7) is 5.81. The Morgan fingerprint density at radius 3 is 2.72 bits per heavy atom. The van der Waals surface area contributed by atoms with Crippen molar-refractivity contribution in [2.75, 3.05) is 11.9 Å². The van der Waals surface area contributed by atoms with Gasteiger partial charge in [-0.1, -0.05) is 13.8 Å². The largest absolute Gasteiger partial charge is 0.464 e. The van der Waals surface area contributed by atoms with Crippen LogP contribution < -0.4 is 10.9 Å². The molecular formula is C10H16N4O3S. The maximum Gasteiger partial charge on any atom is 0.328 e. The van der Waals surface area contributed by atoms with Crippen LogP contribution in [0.4, 0.5) is 5.82 Å². The summed E-state index contributed by atoms with van der Waals surface area (Å²) >= 11 is 4.70. The van der Waals surface area contributed by atoms with E-state index >= 15 is 0 Å². The molecule has 8 heteroatoms. The van der Waals surface area contributed by atoms with Gasteiger partial charge >= 0.3 is 5.97 Å². The molecule has 1 aromatic rings. The second-order valence-electron chi connectivity index (χ2n) is 4.25. The normalized spacial score (nSPS) is 12.2. The maximum atomic E-state index is 11.6. The van der Waals surface area contributed by atoms with E-state index in [9.17, 15) is 9.59 Å². The van der Waals surface area contributed by atoms with Gasteiger partial charge in [-0.3, -0.25) is 14.9 Å². The highest BCUT2D eigenvalue weighted by atomic mass is 32.1. The molecule has 0 bridgehead atoms. The van der Waals surface area contributed by atoms with Crippen molar-refractivity contribution >= 4 is 24.0 Å². The van der Waals surface area contributed by atoms with Gasteiger partial charge < -0.3 is 10.1 Å². The number of aromatic nitrogens is 3. The molecule has 0 amide bonds. The van der Waals surface area contributed by atoms with Crippen LogP contribution in [0.15, 0.2) is 4.79 Å². The molecule has 1 heterocycles. The van der Waals surface area contributed by atoms with Gasteiger partial charge in [0, 0.05) is 0 Å². The number of aromatic amines is 2. The van der Waals surface area contributed by atoms with E-state index in [1.807, 2.05) is 13.8 Å². The third kappa shape index (κ3) is 4.28. The number of esters is 1. The molecule has 0 spiro atoms. The van der Waals surface area contributed by atoms with Gasteiger partial charge in [0.2, 0.25) is 5.82 Å². The molecule has 1 aromatic heterocycles. The predicted molar refractivity (Wildman–Crippen MR) is 68.9 cm³/mol. The second kappa shape index (κ2) is 6.29. The molecule has 0 unspecified atom stereocenters. The van der Waals surface area contributed by atoms with Crippen LogP contribution in [0, 0.1) is 10.7 Å². The van der Waals surface area contributed by atoms with Crippen LogP contribution in [0.5, 0.6) is 0 Å². The van der Waals surface area contributed by atoms with Gasteiger partial charge in [-0.05, 0) is 25.1 Å². The van der Waals surface area contributed by atoms with Crippen molar-refractivity contribution < 1.29 is 9.53 Å². The van der Waals surface area contributed by atoms with E-state index in [-0.39, 0.29) is 16.5 Å². The molecule has 0 saturated heterocycles. The lowest BCUT2D eigenvalue weighted by Gasteiger charge is -2.13. The SMILES string of the molecule is CC(C)COC(=O)[C@@H](C)Nc1n[nH]c(=S)[nH]c1=O. The van der Waals surface area contributed by atoms with Gasteiger partial charge in [0.1, 0.15) is 6.04 Å². The lowest BCUT2D eigenvalue weighted by atomic mass is 10.2. The average molecular weight is 272 g/mol. The highest BCUT2D eigenvalue weighted by molar-refractivity contribution is 7.71. The maximum absolute atomic E-state index is 11.6. The Bertz CT molecular complexity index is 522. The van der Waals surface area contributed by atoms with Gasteiger partial charge in [-0.15, -0.1) is 5.10 Å². The molecule has 0 aliphatic carbocycles. The molecule has 0 aliphatic heterocycles. The zero-order chi connectivity index (χ0) is 13.7. The number of anilines is 1. The van der Waals surface area contributed by atoms with Gasteiger partial charge in [0.05, 0.1) is 6.61 Å². The lowest BCUT2D eigenvalue weighted by Crippen LogP contribution is -2.32. The van der Waals surface area contributed by atoms with Crippen molar-refractivity contribution in [1.29, 1.82) is 0 Å². The number of carbonyl (C=O) groups excluding carboxylic acids is 1. The van der Waals surface area contributed by atoms with Gasteiger partial charge in [0.15, 0.2) is 4.77 Å². The number of ether oxygens (including phenoxy) is 1. The molecule has 0 aromatic carbocycles. The third-order valence-electron chi connectivity index (χ3n) is 1.98. The number of rotatable bonds is 5. The van der Waals surface area contributed by atoms with E-state index in [0.29, 0.717) is 6.61 Å². The van der Waals surface area contributed by atoms with Crippen LogP contribution in [0.3, 0.4) is 0 Å². The zero-order valence-corrected chi connectivity index (χ0v) is 11.3. The van der Waals surface area contributed by atoms with Gasteiger partial charge in [-0.25, -0.2) is 4.79 Å². The smallest absolute Gasteiger partial charge is 0.328 e. The van der Waals surface area contributed by atoms with Crippen molar-refractivity contribution in [2.24, 2.45) is 5.92 Å². The number of hydrogen-bond donors (Lipinski definition) is 3. The van der Waals surface area contributed by atoms with E-state index in [2.05, 4.69) is 20.5 Å². The Labute approximate surface area is 109 Å². The fraction of sp³-hybridized carbons (Fsp3) is 0.600. The van der Waals surface area contributed by atoms with Crippen molar-refractivity contribution in [3.8, 4) is 0 Å². The van der Waals surface area contributed by atoms with Crippen LogP contribution in [-0.2, 0) is 9.53 Å². The molecule has 3 N–H and O–H groups in total. The van der Waals surface area contributed by atoms with Gasteiger partial charge in [0.25, 0.3) is 5.56 Å². The van der Waals surface area contributed by atoms with Crippen molar-refractivity contribution in [2.45, 2.75) is 26.8 Å². The van der Waals surface area contributed by atoms with Crippen LogP contribution in [-0.4, -0.2) is 33.8 Å². The average Bonchev–Trinajstić information content (AvgIpc) is 2.29. The Hall–Kier alpha value is -1.70. The number of carbonyl (C=O) groups is 1. The predicted octanol–water partition coefficient (Wildman–Crippen LogP) is 0.827. The summed E-state index contributed by atoms with van der Waals surface area (Å²) in [6, 6.07) is -0.665. The summed E-state index contributed by atoms with van der Waals surface area (Å²) in [7, 11) is 0. The van der Waals surface area contributed by atoms with E-state index in [1.54, 1.807) is 6.92 Å². The Balaban J connectivity index is 2.64. The summed E-state index contributed by atoms with van der Waals surface area (Å²) < 4.78 is 5.15. The first-order valence-corrected chi connectivity index (χ1v) is 5.93. The van der Waals surface area contributed by atoms with E-state index in [4.69, 9.17) is 17.0 Å². The topological polar surface area (TPSA) is 99.9 Å². The Morgan fingerprint density at radius 2 is 2.17 bits per heavy atom. The van der Waals surface area contributed by atoms with E-state index in [0.717, 1.165) is 0 Å². The van der Waals surface area contributed by atoms with Gasteiger partial charge in [-0.2, -0.15) is 0 Å². The molecule has 1 rings (SSSR count). The highest BCUT2D eigenvalue weighted by Gasteiger charge is 2.16. The molecular weight excluding hydrogens is 256 g/mol. The van der Waals surface area contributed by atoms with Crippen molar-refractivity contribution in [3.63, 3.8) is 0 Å². The van der Waals surface area contributed by atoms with Crippen LogP contribution in [0.1, 0.15) is 20.8 Å². The monoisotopic (exact) mass is 272 g/mol. The molecule has 0 aliphatic rings. The van der Waals surface area contributed by atoms with Crippen LogP contribution in [0.25, 0.3) is 0 Å². The second-order valence-corrected chi connectivity index (χ2v) is 4.65. The van der Waals surface area contributed by atoms with E-state index in [1.165, 1.54) is 0 Å². The minimum absolute atomic E-state index is 0.00223. The molecule has 1 atom stereocenters. The molecule has 0 saturated carbocycles. The molecule has 100 valence electrons. The van der Waals surface area contributed by atoms with Crippen molar-refractivity contribution in [3.05, 3.63) is 15.1 Å². The number of nitrogens with one attached hydrogen (secondary N) is 3. The summed E-state index contributed by atoms with van der Waals surface area (Å²) in [6.07, 6.45) is 0. The minimum atomic E-state index is -0.665. The number of nitrogens with zero attached hydrogens (tertiary/aromatic N) is 1. The lowest BCUT2D eigenvalue weighted by molar-refractivity contribution is -0.145. The minimum Gasteiger partial charge on any atom is -0.464 e. The first kappa shape index (κ1) is 14.4. The number of H-pyrrole nitrogens is 2. The summed E-state index contributed by atoms with van der Waals surface area (Å²) in [5, 5.41) is 8.79. The third-order valence-corrected chi connectivity index (χ3v) is 2.17. The highest BCUT2D eigenvalue weighted by Crippen LogP contribution is 1.99. The first-order chi connectivity index (χ1) is 8.40. The van der Waals surface area contributed by atoms with Crippen LogP contribution in [0.2, 0.25) is 0 Å². The summed E-state index contributed by atoms with van der Waals surface area (Å²) in [5.41, 5.74) is -0.484. The first-order valence-electron chi connectivity index (χ1n) is 5.52. The summed E-state index contributed by atoms with van der Waals surface area (Å²) in [5.74, 6) is -0.180. The zero-order valence-electron chi connectivity index (χ0n) is 10.4. The molecule has 0 fully saturated rings. The number of hydrogen-bond acceptors (Lipinski definition) is 6. The van der Waals surface area contributed by atoms with Crippen LogP contribution >= 0.6 is 12.2 Å². The van der Waals surface area contributed by atoms with E-state index < -0.39 is 17.6 Å². The summed E-state index contributed by atoms with van der Waals surface area (Å²) in [4.78, 5) is 25.4. The quantitative estimate of drug-likeness (QED) is 0.542. The molecule has 18 heavy (non-hydrogen) atoms. The van der Waals surface area contributed by atoms with Crippen molar-refractivity contribution in [1.82, 2.24) is 15.2 Å². The standard InChI is InChI=1S/C10H16N4O3S/c1-5(2)4-17-9(16)6(3)11-7-8(15)12-10(18)14-13-7/h5-6H,4H2,1-3H3,(H,11,13)(H2,12,14,15,18)/t6-/m1/s1. The Kier molecular flexibility index (Phi) is 5.02. The molecule has 7 nitrogen and oxygen atoms in total. The molecule has 0 radical (unpaired) electrons. The Morgan fingerprint density at radius 1 is 1.50 bits per heavy atom. The fourth-order valence-electron chi connectivity index (χ4n) is 1.08.